The van der Waals surface area contributed by atoms with E-state index in [9.17, 15) is 14.0 Å². The third-order valence-corrected chi connectivity index (χ3v) is 4.88. The van der Waals surface area contributed by atoms with Gasteiger partial charge in [-0.25, -0.2) is 4.39 Å². The van der Waals surface area contributed by atoms with Gasteiger partial charge < -0.3 is 15.2 Å². The predicted molar refractivity (Wildman–Crippen MR) is 99.5 cm³/mol. The van der Waals surface area contributed by atoms with Crippen LogP contribution in [0, 0.1) is 5.82 Å². The maximum absolute atomic E-state index is 13.3. The lowest BCUT2D eigenvalue weighted by Crippen LogP contribution is -2.23. The van der Waals surface area contributed by atoms with Gasteiger partial charge in [0.05, 0.1) is 17.1 Å². The first-order chi connectivity index (χ1) is 13.0. The minimum absolute atomic E-state index is 0.116. The van der Waals surface area contributed by atoms with Gasteiger partial charge in [0, 0.05) is 43.6 Å². The Bertz CT molecular complexity index is 1080. The summed E-state index contributed by atoms with van der Waals surface area (Å²) in [5.41, 5.74) is 2.21. The van der Waals surface area contributed by atoms with Crippen LogP contribution in [-0.4, -0.2) is 41.0 Å². The highest BCUT2D eigenvalue weighted by atomic mass is 19.1. The van der Waals surface area contributed by atoms with Crippen LogP contribution in [0.15, 0.2) is 41.5 Å². The molecule has 8 heteroatoms. The number of halogens is 1. The van der Waals surface area contributed by atoms with Crippen molar-refractivity contribution in [3.05, 3.63) is 64.2 Å². The van der Waals surface area contributed by atoms with E-state index in [4.69, 9.17) is 0 Å². The Morgan fingerprint density at radius 3 is 3.00 bits per heavy atom. The lowest BCUT2D eigenvalue weighted by molar-refractivity contribution is 0.0958. The molecule has 4 rings (SSSR count). The molecule has 0 spiro atoms. The Kier molecular flexibility index (Phi) is 4.31. The van der Waals surface area contributed by atoms with Crippen LogP contribution < -0.4 is 15.8 Å². The van der Waals surface area contributed by atoms with E-state index in [1.807, 2.05) is 12.1 Å². The number of nitrogens with zero attached hydrogens (tertiary/aromatic N) is 3. The lowest BCUT2D eigenvalue weighted by atomic mass is 10.0. The van der Waals surface area contributed by atoms with E-state index in [2.05, 4.69) is 25.2 Å². The second-order valence-corrected chi connectivity index (χ2v) is 6.55. The average molecular weight is 367 g/mol. The Hall–Kier alpha value is -3.29. The smallest absolute Gasteiger partial charge is 0.269 e. The first-order valence-electron chi connectivity index (χ1n) is 8.66. The molecule has 3 aromatic rings. The predicted octanol–water partition coefficient (Wildman–Crippen LogP) is 1.81. The maximum Gasteiger partial charge on any atom is 0.269 e. The molecule has 0 radical (unpaired) electrons. The van der Waals surface area contributed by atoms with Crippen LogP contribution in [0.3, 0.4) is 0 Å². The Balaban J connectivity index is 1.60. The van der Waals surface area contributed by atoms with Crippen LogP contribution in [0.5, 0.6) is 0 Å². The largest absolute Gasteiger partial charge is 0.371 e. The first kappa shape index (κ1) is 17.1. The quantitative estimate of drug-likeness (QED) is 0.737. The van der Waals surface area contributed by atoms with Crippen molar-refractivity contribution in [2.24, 2.45) is 0 Å². The van der Waals surface area contributed by atoms with Gasteiger partial charge in [-0.05, 0) is 30.7 Å². The van der Waals surface area contributed by atoms with Crippen LogP contribution in [-0.2, 0) is 0 Å². The number of rotatable bonds is 3. The molecule has 1 aliphatic rings. The summed E-state index contributed by atoms with van der Waals surface area (Å²) in [6.07, 6.45) is 3.58. The van der Waals surface area contributed by atoms with Crippen molar-refractivity contribution < 1.29 is 9.18 Å². The molecule has 27 heavy (non-hydrogen) atoms. The molecule has 0 bridgehead atoms. The highest BCUT2D eigenvalue weighted by Crippen LogP contribution is 2.30. The fourth-order valence-electron chi connectivity index (χ4n) is 3.47. The molecule has 2 N–H and O–H groups in total. The number of amides is 1. The number of carbonyl (C=O) groups is 1. The van der Waals surface area contributed by atoms with Crippen LogP contribution in [0.4, 0.5) is 10.1 Å². The molecule has 1 saturated heterocycles. The summed E-state index contributed by atoms with van der Waals surface area (Å²) in [4.78, 5) is 37.2. The third kappa shape index (κ3) is 3.25. The molecular formula is C19H18FN5O2. The fourth-order valence-corrected chi connectivity index (χ4v) is 3.47. The molecule has 1 aliphatic heterocycles. The van der Waals surface area contributed by atoms with Gasteiger partial charge in [-0.3, -0.25) is 19.6 Å². The fraction of sp³-hybridized carbons (Fsp3) is 0.263. The van der Waals surface area contributed by atoms with Crippen molar-refractivity contribution in [1.82, 2.24) is 20.3 Å². The molecule has 1 atom stereocenters. The van der Waals surface area contributed by atoms with Crippen molar-refractivity contribution >= 4 is 22.5 Å². The Labute approximate surface area is 154 Å². The number of H-pyrrole nitrogens is 1. The van der Waals surface area contributed by atoms with Gasteiger partial charge in [0.15, 0.2) is 0 Å². The summed E-state index contributed by atoms with van der Waals surface area (Å²) in [5.74, 6) is -0.646. The molecule has 138 valence electrons. The van der Waals surface area contributed by atoms with E-state index >= 15 is 0 Å². The highest BCUT2D eigenvalue weighted by molar-refractivity contribution is 5.92. The minimum Gasteiger partial charge on any atom is -0.371 e. The second kappa shape index (κ2) is 6.79. The van der Waals surface area contributed by atoms with Gasteiger partial charge in [0.1, 0.15) is 11.5 Å². The summed E-state index contributed by atoms with van der Waals surface area (Å²) in [7, 11) is 1.57. The van der Waals surface area contributed by atoms with Crippen LogP contribution >= 0.6 is 0 Å². The van der Waals surface area contributed by atoms with Gasteiger partial charge in [0.25, 0.3) is 11.5 Å². The van der Waals surface area contributed by atoms with Crippen molar-refractivity contribution in [1.29, 1.82) is 0 Å². The number of fused-ring (bicyclic) bond motifs is 1. The number of anilines is 1. The van der Waals surface area contributed by atoms with E-state index in [0.717, 1.165) is 30.5 Å². The number of aromatic amines is 1. The van der Waals surface area contributed by atoms with E-state index in [1.54, 1.807) is 19.3 Å². The van der Waals surface area contributed by atoms with Gasteiger partial charge in [-0.2, -0.15) is 0 Å². The summed E-state index contributed by atoms with van der Waals surface area (Å²) >= 11 is 0. The summed E-state index contributed by atoms with van der Waals surface area (Å²) in [6, 6.07) is 6.63. The number of hydrogen-bond donors (Lipinski definition) is 2. The van der Waals surface area contributed by atoms with E-state index in [1.165, 1.54) is 6.07 Å². The van der Waals surface area contributed by atoms with Crippen LogP contribution in [0.25, 0.3) is 10.9 Å². The number of aromatic nitrogens is 3. The molecule has 4 heterocycles. The zero-order chi connectivity index (χ0) is 19.0. The van der Waals surface area contributed by atoms with Gasteiger partial charge >= 0.3 is 0 Å². The molecule has 1 amide bonds. The monoisotopic (exact) mass is 367 g/mol. The Morgan fingerprint density at radius 1 is 1.33 bits per heavy atom. The molecule has 0 aliphatic carbocycles. The zero-order valence-electron chi connectivity index (χ0n) is 14.7. The van der Waals surface area contributed by atoms with Crippen molar-refractivity contribution in [2.75, 3.05) is 25.0 Å². The zero-order valence-corrected chi connectivity index (χ0v) is 14.7. The second-order valence-electron chi connectivity index (χ2n) is 6.55. The number of nitrogens with one attached hydrogen (secondary N) is 2. The number of hydrogen-bond acceptors (Lipinski definition) is 5. The number of pyridine rings is 3. The molecule has 0 aromatic carbocycles. The highest BCUT2D eigenvalue weighted by Gasteiger charge is 2.26. The summed E-state index contributed by atoms with van der Waals surface area (Å²) in [5, 5.41) is 2.82. The normalized spacial score (nSPS) is 16.7. The summed E-state index contributed by atoms with van der Waals surface area (Å²) in [6.45, 7) is 1.48. The van der Waals surface area contributed by atoms with Crippen molar-refractivity contribution in [2.45, 2.75) is 12.3 Å². The van der Waals surface area contributed by atoms with Crippen molar-refractivity contribution in [3.63, 3.8) is 0 Å². The Morgan fingerprint density at radius 2 is 2.19 bits per heavy atom. The number of carbonyl (C=O) groups excluding carboxylic acids is 1. The maximum atomic E-state index is 13.3. The molecule has 1 unspecified atom stereocenters. The summed E-state index contributed by atoms with van der Waals surface area (Å²) < 4.78 is 13.3. The lowest BCUT2D eigenvalue weighted by Gasteiger charge is -2.19. The van der Waals surface area contributed by atoms with Gasteiger partial charge in [0.2, 0.25) is 0 Å². The molecule has 1 fully saturated rings. The van der Waals surface area contributed by atoms with E-state index in [0.29, 0.717) is 17.8 Å². The minimum atomic E-state index is -0.530. The topological polar surface area (TPSA) is 91.0 Å². The van der Waals surface area contributed by atoms with Gasteiger partial charge in [-0.1, -0.05) is 0 Å². The van der Waals surface area contributed by atoms with E-state index < -0.39 is 5.82 Å². The van der Waals surface area contributed by atoms with Crippen molar-refractivity contribution in [3.8, 4) is 0 Å². The third-order valence-electron chi connectivity index (χ3n) is 4.88. The average Bonchev–Trinajstić information content (AvgIpc) is 3.18. The molecular weight excluding hydrogens is 349 g/mol. The SMILES string of the molecule is CNC(=O)c1cc(N2CCC(c3cc4ncc(F)cc4c(=O)[nH]3)C2)ccn1. The van der Waals surface area contributed by atoms with Gasteiger partial charge in [-0.15, -0.1) is 0 Å². The molecule has 3 aromatic heterocycles. The molecule has 7 nitrogen and oxygen atoms in total. The first-order valence-corrected chi connectivity index (χ1v) is 8.66. The standard InChI is InChI=1S/C19H18FN5O2/c1-21-19(27)17-7-13(2-4-22-17)25-5-3-11(10-25)15-8-16-14(18(26)24-15)6-12(20)9-23-16/h2,4,6-9,11H,3,5,10H2,1H3,(H,21,27)(H,24,26). The van der Waals surface area contributed by atoms with Crippen LogP contribution in [0.2, 0.25) is 0 Å². The van der Waals surface area contributed by atoms with Crippen LogP contribution in [0.1, 0.15) is 28.5 Å². The molecule has 0 saturated carbocycles. The van der Waals surface area contributed by atoms with E-state index in [-0.39, 0.29) is 22.8 Å².